The molecule has 0 aromatic heterocycles. The summed E-state index contributed by atoms with van der Waals surface area (Å²) in [5.41, 5.74) is 0.621. The number of rotatable bonds is 3. The van der Waals surface area contributed by atoms with E-state index in [2.05, 4.69) is 18.7 Å². The van der Waals surface area contributed by atoms with Crippen LogP contribution in [0.3, 0.4) is 0 Å². The van der Waals surface area contributed by atoms with Gasteiger partial charge in [0, 0.05) is 37.9 Å². The van der Waals surface area contributed by atoms with Crippen molar-refractivity contribution in [1.82, 2.24) is 9.80 Å². The second-order valence-corrected chi connectivity index (χ2v) is 9.21. The van der Waals surface area contributed by atoms with Crippen LogP contribution in [0.2, 0.25) is 0 Å². The summed E-state index contributed by atoms with van der Waals surface area (Å²) in [5.74, 6) is -1.42. The van der Waals surface area contributed by atoms with Crippen LogP contribution in [0.25, 0.3) is 0 Å². The molecule has 30 heavy (non-hydrogen) atoms. The van der Waals surface area contributed by atoms with Gasteiger partial charge in [0.25, 0.3) is 0 Å². The Balaban J connectivity index is 1.40. The van der Waals surface area contributed by atoms with Crippen LogP contribution >= 0.6 is 0 Å². The molecule has 160 valence electrons. The lowest BCUT2D eigenvalue weighted by Crippen LogP contribution is -2.54. The summed E-state index contributed by atoms with van der Waals surface area (Å²) in [5, 5.41) is 0. The van der Waals surface area contributed by atoms with Crippen molar-refractivity contribution in [2.75, 3.05) is 37.6 Å². The number of carbonyl (C=O) groups excluding carboxylic acids is 2. The van der Waals surface area contributed by atoms with Gasteiger partial charge in [0.05, 0.1) is 24.5 Å². The lowest BCUT2D eigenvalue weighted by Gasteiger charge is -2.39. The molecule has 0 N–H and O–H groups in total. The zero-order valence-electron chi connectivity index (χ0n) is 17.7. The number of aryl methyl sites for hydroxylation is 1. The van der Waals surface area contributed by atoms with E-state index in [4.69, 9.17) is 4.74 Å². The molecule has 7 heteroatoms. The Morgan fingerprint density at radius 2 is 1.97 bits per heavy atom. The van der Waals surface area contributed by atoms with Gasteiger partial charge < -0.3 is 14.5 Å². The number of benzene rings is 1. The van der Waals surface area contributed by atoms with Gasteiger partial charge in [-0.05, 0) is 44.5 Å². The lowest BCUT2D eigenvalue weighted by molar-refractivity contribution is -0.142. The molecule has 3 fully saturated rings. The summed E-state index contributed by atoms with van der Waals surface area (Å²) in [7, 11) is 0. The third kappa shape index (κ3) is 2.82. The topological polar surface area (TPSA) is 53.1 Å². The number of carbonyl (C=O) groups is 2. The maximum Gasteiger partial charge on any atom is 0.234 e. The van der Waals surface area contributed by atoms with E-state index in [1.807, 2.05) is 17.1 Å². The van der Waals surface area contributed by atoms with Crippen LogP contribution in [-0.2, 0) is 14.3 Å². The number of nitrogens with zero attached hydrogens (tertiary/aromatic N) is 3. The number of ether oxygens (including phenoxy) is 1. The van der Waals surface area contributed by atoms with Crippen molar-refractivity contribution in [3.63, 3.8) is 0 Å². The normalized spacial score (nSPS) is 33.1. The number of piperazine rings is 1. The number of fused-ring (bicyclic) bond motifs is 1. The molecule has 5 rings (SSSR count). The Morgan fingerprint density at radius 1 is 1.23 bits per heavy atom. The zero-order chi connectivity index (χ0) is 21.2. The molecule has 6 nitrogen and oxygen atoms in total. The highest BCUT2D eigenvalue weighted by Gasteiger charge is 2.67. The van der Waals surface area contributed by atoms with Crippen molar-refractivity contribution in [1.29, 1.82) is 0 Å². The molecule has 4 heterocycles. The highest BCUT2D eigenvalue weighted by Crippen LogP contribution is 2.53. The summed E-state index contributed by atoms with van der Waals surface area (Å²) in [4.78, 5) is 32.9. The highest BCUT2D eigenvalue weighted by atomic mass is 19.1. The quantitative estimate of drug-likeness (QED) is 0.711. The Labute approximate surface area is 176 Å². The molecule has 0 radical (unpaired) electrons. The van der Waals surface area contributed by atoms with E-state index in [0.717, 1.165) is 13.1 Å². The van der Waals surface area contributed by atoms with E-state index in [9.17, 15) is 14.0 Å². The van der Waals surface area contributed by atoms with Crippen molar-refractivity contribution in [2.24, 2.45) is 11.8 Å². The average molecular weight is 413 g/mol. The molecule has 2 bridgehead atoms. The standard InChI is InChI=1S/C23H28FN3O3/c1-14(2)25-8-10-26(11-9-25)21(28)19-18-6-7-23(30-18)13-27(22(29)20(19)23)17-5-4-16(24)12-15(17)3/h4-7,12,14,18-20H,8-11,13H2,1-3H3/t18-,19+,20+,23-/m0/s1. The van der Waals surface area contributed by atoms with Crippen molar-refractivity contribution in [3.05, 3.63) is 41.7 Å². The van der Waals surface area contributed by atoms with Crippen molar-refractivity contribution >= 4 is 17.5 Å². The summed E-state index contributed by atoms with van der Waals surface area (Å²) in [6.45, 7) is 9.54. The predicted molar refractivity (Wildman–Crippen MR) is 111 cm³/mol. The van der Waals surface area contributed by atoms with Crippen molar-refractivity contribution in [3.8, 4) is 0 Å². The minimum atomic E-state index is -0.761. The largest absolute Gasteiger partial charge is 0.360 e. The number of anilines is 1. The minimum absolute atomic E-state index is 0.0191. The Morgan fingerprint density at radius 3 is 2.63 bits per heavy atom. The van der Waals surface area contributed by atoms with Crippen molar-refractivity contribution < 1.29 is 18.7 Å². The number of hydrogen-bond donors (Lipinski definition) is 0. The Kier molecular flexibility index (Phi) is 4.52. The fraction of sp³-hybridized carbons (Fsp3) is 0.565. The molecule has 4 atom stereocenters. The van der Waals surface area contributed by atoms with Gasteiger partial charge in [0.2, 0.25) is 11.8 Å². The molecule has 0 unspecified atom stereocenters. The van der Waals surface area contributed by atoms with E-state index < -0.39 is 17.4 Å². The van der Waals surface area contributed by atoms with Gasteiger partial charge in [0.15, 0.2) is 0 Å². The third-order valence-electron chi connectivity index (χ3n) is 7.19. The first kappa shape index (κ1) is 19.7. The second kappa shape index (κ2) is 6.89. The van der Waals surface area contributed by atoms with E-state index in [1.54, 1.807) is 17.9 Å². The van der Waals surface area contributed by atoms with Gasteiger partial charge in [0.1, 0.15) is 11.4 Å². The molecule has 1 aromatic carbocycles. The molecular weight excluding hydrogens is 385 g/mol. The zero-order valence-corrected chi connectivity index (χ0v) is 17.7. The third-order valence-corrected chi connectivity index (χ3v) is 7.19. The first-order chi connectivity index (χ1) is 14.3. The number of amides is 2. The van der Waals surface area contributed by atoms with Crippen LogP contribution in [0.4, 0.5) is 10.1 Å². The summed E-state index contributed by atoms with van der Waals surface area (Å²) in [6, 6.07) is 4.90. The van der Waals surface area contributed by atoms with Gasteiger partial charge >= 0.3 is 0 Å². The predicted octanol–water partition coefficient (Wildman–Crippen LogP) is 1.97. The monoisotopic (exact) mass is 413 g/mol. The molecule has 2 amide bonds. The Hall–Kier alpha value is -2.25. The molecular formula is C23H28FN3O3. The number of halogens is 1. The summed E-state index contributed by atoms with van der Waals surface area (Å²) < 4.78 is 19.8. The van der Waals surface area contributed by atoms with Crippen LogP contribution < -0.4 is 4.90 Å². The fourth-order valence-electron chi connectivity index (χ4n) is 5.58. The maximum absolute atomic E-state index is 13.6. The van der Waals surface area contributed by atoms with Gasteiger partial charge in [-0.2, -0.15) is 0 Å². The molecule has 4 aliphatic rings. The van der Waals surface area contributed by atoms with Crippen LogP contribution in [0.1, 0.15) is 19.4 Å². The molecule has 0 saturated carbocycles. The van der Waals surface area contributed by atoms with Crippen LogP contribution in [0, 0.1) is 24.6 Å². The molecule has 4 aliphatic heterocycles. The lowest BCUT2D eigenvalue weighted by atomic mass is 9.76. The minimum Gasteiger partial charge on any atom is -0.360 e. The average Bonchev–Trinajstić information content (AvgIpc) is 3.36. The summed E-state index contributed by atoms with van der Waals surface area (Å²) in [6.07, 6.45) is 3.56. The molecule has 1 spiro atoms. The molecule has 3 saturated heterocycles. The second-order valence-electron chi connectivity index (χ2n) is 9.21. The van der Waals surface area contributed by atoms with Crippen LogP contribution in [0.15, 0.2) is 30.4 Å². The summed E-state index contributed by atoms with van der Waals surface area (Å²) >= 11 is 0. The van der Waals surface area contributed by atoms with E-state index >= 15 is 0 Å². The van der Waals surface area contributed by atoms with Crippen LogP contribution in [0.5, 0.6) is 0 Å². The van der Waals surface area contributed by atoms with Gasteiger partial charge in [-0.15, -0.1) is 0 Å². The van der Waals surface area contributed by atoms with E-state index in [-0.39, 0.29) is 23.7 Å². The van der Waals surface area contributed by atoms with Crippen molar-refractivity contribution in [2.45, 2.75) is 38.5 Å². The smallest absolute Gasteiger partial charge is 0.234 e. The van der Waals surface area contributed by atoms with Gasteiger partial charge in [-0.25, -0.2) is 4.39 Å². The molecule has 0 aliphatic carbocycles. The van der Waals surface area contributed by atoms with E-state index in [1.165, 1.54) is 12.1 Å². The van der Waals surface area contributed by atoms with E-state index in [0.29, 0.717) is 36.9 Å². The van der Waals surface area contributed by atoms with Crippen LogP contribution in [-0.4, -0.2) is 72.1 Å². The maximum atomic E-state index is 13.6. The Bertz CT molecular complexity index is 924. The van der Waals surface area contributed by atoms with Gasteiger partial charge in [-0.3, -0.25) is 14.5 Å². The first-order valence-corrected chi connectivity index (χ1v) is 10.8. The van der Waals surface area contributed by atoms with Gasteiger partial charge in [-0.1, -0.05) is 12.2 Å². The highest BCUT2D eigenvalue weighted by molar-refractivity contribution is 6.03. The number of hydrogen-bond acceptors (Lipinski definition) is 4. The first-order valence-electron chi connectivity index (χ1n) is 10.8. The SMILES string of the molecule is Cc1cc(F)ccc1N1C[C@]23C=C[C@H](O2)[C@@H](C(=O)N2CCN(C(C)C)CC2)[C@@H]3C1=O. The molecule has 1 aromatic rings. The fourth-order valence-corrected chi connectivity index (χ4v) is 5.58.